The van der Waals surface area contributed by atoms with E-state index in [-0.39, 0.29) is 5.75 Å². The van der Waals surface area contributed by atoms with Gasteiger partial charge in [0.15, 0.2) is 0 Å². The van der Waals surface area contributed by atoms with Gasteiger partial charge in [0, 0.05) is 11.8 Å². The van der Waals surface area contributed by atoms with Crippen LogP contribution in [0, 0.1) is 0 Å². The first-order valence-corrected chi connectivity index (χ1v) is 5.82. The number of carboxylic acid groups (broad SMARTS) is 2. The number of aliphatic carboxylic acids is 2. The topological polar surface area (TPSA) is 174 Å². The molecule has 1 aliphatic heterocycles. The van der Waals surface area contributed by atoms with Crippen LogP contribution in [0.5, 0.6) is 5.75 Å². The van der Waals surface area contributed by atoms with Crippen LogP contribution in [-0.2, 0) is 9.59 Å². The summed E-state index contributed by atoms with van der Waals surface area (Å²) >= 11 is 0. The van der Waals surface area contributed by atoms with Gasteiger partial charge >= 0.3 is 11.9 Å². The number of phenols is 1. The number of hydrogen-bond donors (Lipinski definition) is 6. The summed E-state index contributed by atoms with van der Waals surface area (Å²) in [4.78, 5) is 23.9. The summed E-state index contributed by atoms with van der Waals surface area (Å²) in [6, 6.07) is 6.50. The lowest BCUT2D eigenvalue weighted by Gasteiger charge is -2.23. The molecule has 0 radical (unpaired) electrons. The molecule has 0 fully saturated rings. The molecular weight excluding hydrogens is 296 g/mol. The lowest BCUT2D eigenvalue weighted by molar-refractivity contribution is -0.154. The fourth-order valence-corrected chi connectivity index (χ4v) is 1.30. The van der Waals surface area contributed by atoms with Crippen molar-refractivity contribution in [2.45, 2.75) is 11.3 Å². The Bertz CT molecular complexity index is 576. The minimum absolute atomic E-state index is 0.213. The summed E-state index contributed by atoms with van der Waals surface area (Å²) in [6.07, 6.45) is 1.71. The van der Waals surface area contributed by atoms with Gasteiger partial charge in [-0.2, -0.15) is 0 Å². The molecule has 7 N–H and O–H groups in total. The molecule has 0 saturated carbocycles. The van der Waals surface area contributed by atoms with Crippen molar-refractivity contribution in [3.05, 3.63) is 36.4 Å². The van der Waals surface area contributed by atoms with E-state index in [2.05, 4.69) is 4.99 Å². The number of nitrogen functional groups attached to an aromatic ring is 1. The molecule has 2 unspecified atom stereocenters. The van der Waals surface area contributed by atoms with Crippen LogP contribution in [0.3, 0.4) is 0 Å². The number of carbonyl (C=O) groups is 2. The van der Waals surface area contributed by atoms with Gasteiger partial charge in [-0.15, -0.1) is 0 Å². The summed E-state index contributed by atoms with van der Waals surface area (Å²) < 4.78 is 0. The van der Waals surface area contributed by atoms with Crippen LogP contribution in [0.15, 0.2) is 41.4 Å². The number of anilines is 1. The van der Waals surface area contributed by atoms with E-state index in [1.807, 2.05) is 0 Å². The van der Waals surface area contributed by atoms with Crippen molar-refractivity contribution in [2.75, 3.05) is 5.73 Å². The maximum Gasteiger partial charge on any atom is 0.363 e. The zero-order valence-corrected chi connectivity index (χ0v) is 11.1. The smallest absolute Gasteiger partial charge is 0.363 e. The third-order valence-electron chi connectivity index (χ3n) is 2.56. The Balaban J connectivity index is 0.000000255. The van der Waals surface area contributed by atoms with E-state index in [0.717, 1.165) is 0 Å². The predicted molar refractivity (Wildman–Crippen MR) is 75.3 cm³/mol. The summed E-state index contributed by atoms with van der Waals surface area (Å²) in [7, 11) is 0. The van der Waals surface area contributed by atoms with Crippen molar-refractivity contribution in [1.29, 1.82) is 0 Å². The number of nitrogens with two attached hydrogens (primary N) is 1. The van der Waals surface area contributed by atoms with E-state index in [0.29, 0.717) is 24.1 Å². The second-order valence-corrected chi connectivity index (χ2v) is 4.35. The molecule has 1 aromatic rings. The lowest BCUT2D eigenvalue weighted by atomic mass is 10.00. The Labute approximate surface area is 124 Å². The molecular formula is C13H14N2O7. The van der Waals surface area contributed by atoms with Gasteiger partial charge in [-0.1, -0.05) is 6.07 Å². The molecule has 22 heavy (non-hydrogen) atoms. The molecule has 2 rings (SSSR count). The first-order valence-electron chi connectivity index (χ1n) is 5.82. The number of hydrogen-bond acceptors (Lipinski definition) is 7. The van der Waals surface area contributed by atoms with Gasteiger partial charge in [-0.3, -0.25) is 0 Å². The quantitative estimate of drug-likeness (QED) is 0.304. The molecule has 118 valence electrons. The summed E-state index contributed by atoms with van der Waals surface area (Å²) in [5, 5.41) is 44.1. The monoisotopic (exact) mass is 310 g/mol. The van der Waals surface area contributed by atoms with Crippen molar-refractivity contribution < 1.29 is 35.1 Å². The Hall–Kier alpha value is -2.91. The molecule has 0 aromatic heterocycles. The first kappa shape index (κ1) is 17.1. The van der Waals surface area contributed by atoms with E-state index in [1.54, 1.807) is 18.2 Å². The van der Waals surface area contributed by atoms with Crippen LogP contribution >= 0.6 is 0 Å². The molecule has 1 aromatic carbocycles. The van der Waals surface area contributed by atoms with Crippen molar-refractivity contribution in [3.8, 4) is 5.75 Å². The second-order valence-electron chi connectivity index (χ2n) is 4.35. The zero-order valence-electron chi connectivity index (χ0n) is 11.1. The highest BCUT2D eigenvalue weighted by molar-refractivity contribution is 6.02. The summed E-state index contributed by atoms with van der Waals surface area (Å²) in [6.45, 7) is 0. The Morgan fingerprint density at radius 3 is 2.05 bits per heavy atom. The largest absolute Gasteiger partial charge is 0.508 e. The predicted octanol–water partition coefficient (Wildman–Crippen LogP) is -0.810. The average molecular weight is 310 g/mol. The number of benzene rings is 1. The molecule has 9 heteroatoms. The van der Waals surface area contributed by atoms with Gasteiger partial charge in [0.25, 0.3) is 5.72 Å². The van der Waals surface area contributed by atoms with Crippen molar-refractivity contribution in [3.63, 3.8) is 0 Å². The first-order chi connectivity index (χ1) is 10.1. The fraction of sp³-hybridized carbons (Fsp3) is 0.154. The van der Waals surface area contributed by atoms with E-state index >= 15 is 0 Å². The van der Waals surface area contributed by atoms with E-state index in [4.69, 9.17) is 21.1 Å². The highest BCUT2D eigenvalue weighted by Gasteiger charge is 2.41. The average Bonchev–Trinajstić information content (AvgIpc) is 2.42. The van der Waals surface area contributed by atoms with E-state index in [9.17, 15) is 19.8 Å². The molecule has 0 amide bonds. The Morgan fingerprint density at radius 1 is 1.09 bits per heavy atom. The van der Waals surface area contributed by atoms with Gasteiger partial charge in [0.05, 0.1) is 6.21 Å². The minimum Gasteiger partial charge on any atom is -0.508 e. The van der Waals surface area contributed by atoms with Crippen molar-refractivity contribution in [2.24, 2.45) is 4.99 Å². The van der Waals surface area contributed by atoms with Crippen LogP contribution in [0.4, 0.5) is 5.69 Å². The van der Waals surface area contributed by atoms with E-state index < -0.39 is 23.3 Å². The van der Waals surface area contributed by atoms with Crippen LogP contribution in [0.25, 0.3) is 0 Å². The standard InChI is InChI=1S/C7H7NO6.C6H7NO/c9-4(10)6(13)1-2-7(14,5(11)12)8-3-6;7-5-2-1-3-6(8)4-5/h1-3,13-14H,(H,9,10)(H,11,12);1-4,8H,7H2. The van der Waals surface area contributed by atoms with Gasteiger partial charge in [0.2, 0.25) is 5.60 Å². The van der Waals surface area contributed by atoms with Crippen LogP contribution in [0.2, 0.25) is 0 Å². The number of aromatic hydroxyl groups is 1. The zero-order chi connectivity index (χ0) is 17.0. The Kier molecular flexibility index (Phi) is 4.87. The summed E-state index contributed by atoms with van der Waals surface area (Å²) in [5.41, 5.74) is 1.03. The molecule has 2 atom stereocenters. The molecule has 0 saturated heterocycles. The maximum absolute atomic E-state index is 10.4. The number of carboxylic acids is 2. The van der Waals surface area contributed by atoms with Crippen molar-refractivity contribution in [1.82, 2.24) is 0 Å². The third kappa shape index (κ3) is 4.04. The van der Waals surface area contributed by atoms with Gasteiger partial charge in [-0.25, -0.2) is 14.6 Å². The fourth-order valence-electron chi connectivity index (χ4n) is 1.30. The SMILES string of the molecule is Nc1cccc(O)c1.O=C(O)C1(O)C=CC(O)(C(=O)O)N=C1. The van der Waals surface area contributed by atoms with Crippen molar-refractivity contribution >= 4 is 23.8 Å². The Morgan fingerprint density at radius 2 is 1.73 bits per heavy atom. The second kappa shape index (κ2) is 6.24. The van der Waals surface area contributed by atoms with E-state index in [1.165, 1.54) is 6.07 Å². The van der Waals surface area contributed by atoms with Crippen LogP contribution < -0.4 is 5.73 Å². The lowest BCUT2D eigenvalue weighted by Crippen LogP contribution is -2.45. The molecule has 0 aliphatic carbocycles. The third-order valence-corrected chi connectivity index (χ3v) is 2.56. The number of nitrogens with zero attached hydrogens (tertiary/aromatic N) is 1. The van der Waals surface area contributed by atoms with Crippen LogP contribution in [0.1, 0.15) is 0 Å². The van der Waals surface area contributed by atoms with Crippen LogP contribution in [-0.4, -0.2) is 55.0 Å². The number of dihydropyridines is 1. The normalized spacial score (nSPS) is 25.9. The number of aliphatic imine (C=N–C) groups is 1. The van der Waals surface area contributed by atoms with Gasteiger partial charge in [-0.05, 0) is 24.3 Å². The van der Waals surface area contributed by atoms with Gasteiger partial charge < -0.3 is 31.3 Å². The molecule has 1 heterocycles. The minimum atomic E-state index is -2.50. The molecule has 0 bridgehead atoms. The molecule has 0 spiro atoms. The number of phenolic OH excluding ortho intramolecular Hbond substituents is 1. The maximum atomic E-state index is 10.4. The highest BCUT2D eigenvalue weighted by Crippen LogP contribution is 2.19. The van der Waals surface area contributed by atoms with Gasteiger partial charge in [0.1, 0.15) is 5.75 Å². The molecule has 9 nitrogen and oxygen atoms in total. The highest BCUT2D eigenvalue weighted by atomic mass is 16.4. The number of aliphatic hydroxyl groups is 2. The summed E-state index contributed by atoms with van der Waals surface area (Å²) in [5.74, 6) is -3.05. The molecule has 1 aliphatic rings. The number of rotatable bonds is 2.